The van der Waals surface area contributed by atoms with Crippen LogP contribution in [0.5, 0.6) is 0 Å². The lowest BCUT2D eigenvalue weighted by molar-refractivity contribution is -0.143. The fraction of sp³-hybridized carbons (Fsp3) is 0.843. The van der Waals surface area contributed by atoms with Crippen molar-refractivity contribution >= 4 is 11.9 Å². The van der Waals surface area contributed by atoms with E-state index in [1.807, 2.05) is 6.08 Å². The number of hydrogen-bond donors (Lipinski definition) is 3. The molecule has 0 bridgehead atoms. The molecule has 0 spiro atoms. The van der Waals surface area contributed by atoms with Crippen molar-refractivity contribution in [2.45, 2.75) is 264 Å². The first-order valence-electron chi connectivity index (χ1n) is 24.8. The molecule has 0 saturated heterocycles. The number of rotatable bonds is 45. The minimum absolute atomic E-state index is 0.0159. The molecule has 0 aliphatic heterocycles. The molecule has 0 aliphatic rings. The Bertz CT molecular complexity index is 931. The molecule has 0 aromatic heterocycles. The second-order valence-corrected chi connectivity index (χ2v) is 16.8. The van der Waals surface area contributed by atoms with Crippen molar-refractivity contribution in [3.63, 3.8) is 0 Å². The van der Waals surface area contributed by atoms with Crippen LogP contribution in [0.15, 0.2) is 36.5 Å². The van der Waals surface area contributed by atoms with Crippen LogP contribution in [0.1, 0.15) is 251 Å². The van der Waals surface area contributed by atoms with E-state index < -0.39 is 12.1 Å². The molecule has 1 amide bonds. The summed E-state index contributed by atoms with van der Waals surface area (Å²) in [5.74, 6) is -0.103. The fourth-order valence-corrected chi connectivity index (χ4v) is 7.25. The molecule has 57 heavy (non-hydrogen) atoms. The fourth-order valence-electron chi connectivity index (χ4n) is 7.25. The standard InChI is InChI=1S/C51H95NO5/c1-3-5-7-9-11-13-15-20-24-27-31-35-39-43-49(54)48(47-53)52-50(55)44-40-36-32-28-25-21-18-16-17-19-22-26-30-34-38-42-46-57-51(56)45-41-37-33-29-23-14-12-10-8-6-4-2/h10,12,16,18,39,43,48-49,53-54H,3-9,11,13-15,17,19-38,40-42,44-47H2,1-2H3,(H,52,55)/b12-10-,18-16-,43-39+. The Kier molecular flexibility index (Phi) is 45.2. The summed E-state index contributed by atoms with van der Waals surface area (Å²) >= 11 is 0. The third-order valence-electron chi connectivity index (χ3n) is 11.1. The number of carbonyl (C=O) groups excluding carboxylic acids is 2. The molecule has 0 rings (SSSR count). The van der Waals surface area contributed by atoms with E-state index >= 15 is 0 Å². The maximum Gasteiger partial charge on any atom is 0.305 e. The van der Waals surface area contributed by atoms with Crippen molar-refractivity contribution in [1.29, 1.82) is 0 Å². The topological polar surface area (TPSA) is 95.9 Å². The van der Waals surface area contributed by atoms with E-state index in [1.54, 1.807) is 6.08 Å². The van der Waals surface area contributed by atoms with Crippen LogP contribution < -0.4 is 5.32 Å². The number of unbranched alkanes of at least 4 members (excludes halogenated alkanes) is 30. The average molecular weight is 802 g/mol. The van der Waals surface area contributed by atoms with Crippen molar-refractivity contribution in [2.24, 2.45) is 0 Å². The zero-order valence-corrected chi connectivity index (χ0v) is 37.8. The van der Waals surface area contributed by atoms with Gasteiger partial charge in [0.25, 0.3) is 0 Å². The zero-order valence-electron chi connectivity index (χ0n) is 37.8. The third-order valence-corrected chi connectivity index (χ3v) is 11.1. The van der Waals surface area contributed by atoms with Gasteiger partial charge in [-0.1, -0.05) is 198 Å². The number of ether oxygens (including phenoxy) is 1. The van der Waals surface area contributed by atoms with Gasteiger partial charge in [0, 0.05) is 12.8 Å². The molecule has 0 aromatic carbocycles. The highest BCUT2D eigenvalue weighted by Crippen LogP contribution is 2.14. The Morgan fingerprint density at radius 2 is 0.842 bits per heavy atom. The normalized spacial score (nSPS) is 13.0. The molecule has 0 fully saturated rings. The van der Waals surface area contributed by atoms with Gasteiger partial charge < -0.3 is 20.3 Å². The first-order valence-corrected chi connectivity index (χ1v) is 24.8. The lowest BCUT2D eigenvalue weighted by Crippen LogP contribution is -2.45. The summed E-state index contributed by atoms with van der Waals surface area (Å²) in [5.41, 5.74) is 0. The number of hydrogen-bond acceptors (Lipinski definition) is 5. The SMILES string of the molecule is CCCC/C=C\CCCCCCCC(=O)OCCCCCCCCC/C=C\CCCCCCCC(=O)NC(CO)C(O)/C=C/CCCCCCCCCCCCC. The van der Waals surface area contributed by atoms with Crippen molar-refractivity contribution in [3.05, 3.63) is 36.5 Å². The van der Waals surface area contributed by atoms with Crippen molar-refractivity contribution in [3.8, 4) is 0 Å². The second-order valence-electron chi connectivity index (χ2n) is 16.8. The number of esters is 1. The average Bonchev–Trinajstić information content (AvgIpc) is 3.21. The Morgan fingerprint density at radius 3 is 1.30 bits per heavy atom. The number of allylic oxidation sites excluding steroid dienone is 5. The van der Waals surface area contributed by atoms with Gasteiger partial charge in [-0.3, -0.25) is 9.59 Å². The number of amides is 1. The molecule has 0 heterocycles. The van der Waals surface area contributed by atoms with E-state index in [0.717, 1.165) is 64.2 Å². The summed E-state index contributed by atoms with van der Waals surface area (Å²) in [4.78, 5) is 24.4. The van der Waals surface area contributed by atoms with Crippen LogP contribution in [0.4, 0.5) is 0 Å². The van der Waals surface area contributed by atoms with Crippen LogP contribution in [0.3, 0.4) is 0 Å². The van der Waals surface area contributed by atoms with E-state index in [-0.39, 0.29) is 18.5 Å². The summed E-state index contributed by atoms with van der Waals surface area (Å²) < 4.78 is 5.43. The molecule has 6 nitrogen and oxygen atoms in total. The zero-order chi connectivity index (χ0) is 41.5. The van der Waals surface area contributed by atoms with Crippen LogP contribution in [-0.2, 0) is 14.3 Å². The van der Waals surface area contributed by atoms with Gasteiger partial charge >= 0.3 is 5.97 Å². The molecular formula is C51H95NO5. The summed E-state index contributed by atoms with van der Waals surface area (Å²) in [6, 6.07) is -0.639. The maximum absolute atomic E-state index is 12.4. The number of carbonyl (C=O) groups is 2. The summed E-state index contributed by atoms with van der Waals surface area (Å²) in [7, 11) is 0. The highest BCUT2D eigenvalue weighted by molar-refractivity contribution is 5.76. The monoisotopic (exact) mass is 802 g/mol. The van der Waals surface area contributed by atoms with Gasteiger partial charge in [-0.15, -0.1) is 0 Å². The van der Waals surface area contributed by atoms with Gasteiger partial charge in [-0.05, 0) is 77.0 Å². The van der Waals surface area contributed by atoms with Crippen LogP contribution in [-0.4, -0.2) is 47.4 Å². The van der Waals surface area contributed by atoms with E-state index in [2.05, 4.69) is 43.5 Å². The van der Waals surface area contributed by atoms with Gasteiger partial charge in [-0.25, -0.2) is 0 Å². The maximum atomic E-state index is 12.4. The molecule has 0 radical (unpaired) electrons. The van der Waals surface area contributed by atoms with Crippen LogP contribution in [0.2, 0.25) is 0 Å². The van der Waals surface area contributed by atoms with Crippen LogP contribution in [0, 0.1) is 0 Å². The van der Waals surface area contributed by atoms with Crippen LogP contribution >= 0.6 is 0 Å². The van der Waals surface area contributed by atoms with Gasteiger partial charge in [0.05, 0.1) is 25.4 Å². The molecule has 0 aromatic rings. The van der Waals surface area contributed by atoms with Gasteiger partial charge in [0.15, 0.2) is 0 Å². The summed E-state index contributed by atoms with van der Waals surface area (Å²) in [6.07, 6.45) is 55.6. The van der Waals surface area contributed by atoms with Crippen LogP contribution in [0.25, 0.3) is 0 Å². The van der Waals surface area contributed by atoms with E-state index in [0.29, 0.717) is 19.4 Å². The molecule has 2 unspecified atom stereocenters. The highest BCUT2D eigenvalue weighted by atomic mass is 16.5. The van der Waals surface area contributed by atoms with Crippen molar-refractivity contribution in [2.75, 3.05) is 13.2 Å². The minimum Gasteiger partial charge on any atom is -0.466 e. The van der Waals surface area contributed by atoms with Crippen molar-refractivity contribution < 1.29 is 24.5 Å². The third kappa shape index (κ3) is 43.5. The predicted molar refractivity (Wildman–Crippen MR) is 246 cm³/mol. The molecule has 334 valence electrons. The largest absolute Gasteiger partial charge is 0.466 e. The lowest BCUT2D eigenvalue weighted by Gasteiger charge is -2.20. The molecule has 2 atom stereocenters. The number of aliphatic hydroxyl groups is 2. The predicted octanol–water partition coefficient (Wildman–Crippen LogP) is 14.5. The van der Waals surface area contributed by atoms with Gasteiger partial charge in [0.2, 0.25) is 5.91 Å². The second kappa shape index (κ2) is 46.8. The molecule has 3 N–H and O–H groups in total. The number of aliphatic hydroxyl groups excluding tert-OH is 2. The van der Waals surface area contributed by atoms with Gasteiger partial charge in [0.1, 0.15) is 0 Å². The Hall–Kier alpha value is -1.92. The number of nitrogens with one attached hydrogen (secondary N) is 1. The molecular weight excluding hydrogens is 707 g/mol. The smallest absolute Gasteiger partial charge is 0.305 e. The van der Waals surface area contributed by atoms with Gasteiger partial charge in [-0.2, -0.15) is 0 Å². The van der Waals surface area contributed by atoms with E-state index in [1.165, 1.54) is 161 Å². The quantitative estimate of drug-likeness (QED) is 0.0324. The van der Waals surface area contributed by atoms with Crippen molar-refractivity contribution in [1.82, 2.24) is 5.32 Å². The Balaban J connectivity index is 3.52. The molecule has 0 saturated carbocycles. The Morgan fingerprint density at radius 1 is 0.474 bits per heavy atom. The summed E-state index contributed by atoms with van der Waals surface area (Å²) in [6.45, 7) is 4.82. The van der Waals surface area contributed by atoms with E-state index in [4.69, 9.17) is 4.74 Å². The highest BCUT2D eigenvalue weighted by Gasteiger charge is 2.18. The Labute approximate surface area is 353 Å². The minimum atomic E-state index is -0.854. The van der Waals surface area contributed by atoms with E-state index in [9.17, 15) is 19.8 Å². The molecule has 0 aliphatic carbocycles. The summed E-state index contributed by atoms with van der Waals surface area (Å²) in [5, 5.41) is 23.0. The molecule has 6 heteroatoms. The first kappa shape index (κ1) is 55.1. The first-order chi connectivity index (χ1) is 28.0. The lowest BCUT2D eigenvalue weighted by atomic mass is 10.0.